The van der Waals surface area contributed by atoms with E-state index < -0.39 is 22.1 Å². The fourth-order valence-electron chi connectivity index (χ4n) is 3.00. The van der Waals surface area contributed by atoms with Crippen LogP contribution >= 0.6 is 12.0 Å². The highest BCUT2D eigenvalue weighted by Gasteiger charge is 2.21. The van der Waals surface area contributed by atoms with Gasteiger partial charge in [0.15, 0.2) is 0 Å². The van der Waals surface area contributed by atoms with E-state index in [-0.39, 0.29) is 37.8 Å². The molecule has 0 fully saturated rings. The molecule has 34 heavy (non-hydrogen) atoms. The third kappa shape index (κ3) is 5.99. The first-order valence-corrected chi connectivity index (χ1v) is 11.6. The molecule has 0 radical (unpaired) electrons. The van der Waals surface area contributed by atoms with Gasteiger partial charge in [0.25, 0.3) is 10.1 Å². The van der Waals surface area contributed by atoms with E-state index in [1.54, 1.807) is 13.0 Å². The molecule has 10 nitrogen and oxygen atoms in total. The number of hydrogen-bond acceptors (Lipinski definition) is 10. The molecule has 0 heterocycles. The molecule has 3 aromatic rings. The summed E-state index contributed by atoms with van der Waals surface area (Å²) in [7, 11) is -3.33. The summed E-state index contributed by atoms with van der Waals surface area (Å²) in [6.45, 7) is 1.66. The molecule has 3 rings (SSSR count). The van der Waals surface area contributed by atoms with Crippen LogP contribution in [-0.2, 0) is 24.2 Å². The average molecular weight is 507 g/mol. The van der Waals surface area contributed by atoms with Crippen LogP contribution in [0.1, 0.15) is 26.3 Å². The number of carbonyl (C=O) groups is 2. The quantitative estimate of drug-likeness (QED) is 0.112. The largest absolute Gasteiger partial charge is 0.465 e. The lowest BCUT2D eigenvalue weighted by Crippen LogP contribution is -2.09. The fraction of sp³-hybridized carbons (Fsp3) is 0.0909. The predicted octanol–water partition coefficient (Wildman–Crippen LogP) is 4.34. The van der Waals surface area contributed by atoms with Crippen molar-refractivity contribution >= 4 is 34.1 Å². The third-order valence-corrected chi connectivity index (χ3v) is 6.10. The molecular weight excluding hydrogens is 488 g/mol. The van der Waals surface area contributed by atoms with Gasteiger partial charge in [0.2, 0.25) is 0 Å². The number of carbonyl (C=O) groups excluding carboxylic acids is 2. The zero-order valence-corrected chi connectivity index (χ0v) is 19.4. The topological polar surface area (TPSA) is 146 Å². The lowest BCUT2D eigenvalue weighted by Gasteiger charge is -2.13. The van der Waals surface area contributed by atoms with Gasteiger partial charge in [-0.25, -0.2) is 14.8 Å². The maximum atomic E-state index is 12.5. The molecule has 0 aliphatic rings. The first-order valence-electron chi connectivity index (χ1n) is 9.42. The van der Waals surface area contributed by atoms with E-state index in [1.165, 1.54) is 61.7 Å². The molecule has 178 valence electrons. The fourth-order valence-corrected chi connectivity index (χ4v) is 4.33. The molecule has 0 bridgehead atoms. The van der Waals surface area contributed by atoms with Crippen LogP contribution in [0.15, 0.2) is 70.5 Å². The Hall–Kier alpha value is -3.26. The van der Waals surface area contributed by atoms with Gasteiger partial charge in [0.05, 0.1) is 35.2 Å². The van der Waals surface area contributed by atoms with E-state index in [0.29, 0.717) is 17.6 Å². The zero-order chi connectivity index (χ0) is 24.9. The normalized spacial score (nSPS) is 11.2. The minimum Gasteiger partial charge on any atom is -0.465 e. The molecule has 12 heteroatoms. The van der Waals surface area contributed by atoms with Gasteiger partial charge in [0.1, 0.15) is 10.6 Å². The van der Waals surface area contributed by atoms with E-state index >= 15 is 0 Å². The number of benzene rings is 3. The zero-order valence-electron chi connectivity index (χ0n) is 17.8. The number of methoxy groups -OCH3 is 1. The maximum absolute atomic E-state index is 12.5. The summed E-state index contributed by atoms with van der Waals surface area (Å²) >= 11 is 0.519. The minimum absolute atomic E-state index is 0.0651. The van der Waals surface area contributed by atoms with E-state index in [1.807, 2.05) is 0 Å². The highest BCUT2D eigenvalue weighted by atomic mass is 32.2. The van der Waals surface area contributed by atoms with Gasteiger partial charge >= 0.3 is 11.9 Å². The van der Waals surface area contributed by atoms with Gasteiger partial charge < -0.3 is 9.47 Å². The van der Waals surface area contributed by atoms with Gasteiger partial charge in [-0.2, -0.15) is 8.42 Å². The molecule has 0 atom stereocenters. The Morgan fingerprint density at radius 1 is 0.882 bits per heavy atom. The van der Waals surface area contributed by atoms with Crippen molar-refractivity contribution < 1.29 is 46.7 Å². The summed E-state index contributed by atoms with van der Waals surface area (Å²) in [6, 6.07) is 14.3. The van der Waals surface area contributed by atoms with Crippen LogP contribution in [0, 0.1) is 6.92 Å². The lowest BCUT2D eigenvalue weighted by atomic mass is 10.0. The van der Waals surface area contributed by atoms with Crippen LogP contribution in [-0.4, -0.2) is 37.3 Å². The van der Waals surface area contributed by atoms with Crippen molar-refractivity contribution in [2.45, 2.75) is 16.7 Å². The van der Waals surface area contributed by atoms with Crippen LogP contribution in [0.3, 0.4) is 0 Å². The molecule has 0 spiro atoms. The Morgan fingerprint density at radius 3 is 2.09 bits per heavy atom. The van der Waals surface area contributed by atoms with Crippen LogP contribution in [0.25, 0.3) is 11.1 Å². The molecule has 0 aliphatic heterocycles. The monoisotopic (exact) mass is 506 g/mol. The third-order valence-electron chi connectivity index (χ3n) is 4.56. The molecule has 0 saturated heterocycles. The van der Waals surface area contributed by atoms with Crippen LogP contribution in [0.5, 0.6) is 5.75 Å². The number of rotatable bonds is 8. The van der Waals surface area contributed by atoms with Crippen molar-refractivity contribution in [3.8, 4) is 16.9 Å². The van der Waals surface area contributed by atoms with Crippen molar-refractivity contribution in [3.05, 3.63) is 77.4 Å². The predicted molar refractivity (Wildman–Crippen MR) is 120 cm³/mol. The van der Waals surface area contributed by atoms with Crippen molar-refractivity contribution in [2.75, 3.05) is 7.11 Å². The van der Waals surface area contributed by atoms with E-state index in [4.69, 9.17) is 9.99 Å². The number of aryl methyl sites for hydroxylation is 1. The Balaban J connectivity index is 1.95. The van der Waals surface area contributed by atoms with Crippen LogP contribution < -0.4 is 4.74 Å². The molecule has 0 aromatic heterocycles. The summed E-state index contributed by atoms with van der Waals surface area (Å²) in [5.41, 5.74) is 1.46. The minimum atomic E-state index is -4.57. The highest BCUT2D eigenvalue weighted by Crippen LogP contribution is 2.38. The lowest BCUT2D eigenvalue weighted by molar-refractivity contribution is -0.432. The Kier molecular flexibility index (Phi) is 8.04. The van der Waals surface area contributed by atoms with Crippen molar-refractivity contribution in [2.24, 2.45) is 0 Å². The van der Waals surface area contributed by atoms with E-state index in [9.17, 15) is 22.6 Å². The summed E-state index contributed by atoms with van der Waals surface area (Å²) in [4.78, 5) is 23.9. The number of esters is 2. The second kappa shape index (κ2) is 10.8. The van der Waals surface area contributed by atoms with Crippen LogP contribution in [0.4, 0.5) is 0 Å². The van der Waals surface area contributed by atoms with Crippen LogP contribution in [0.2, 0.25) is 0 Å². The van der Waals surface area contributed by atoms with Gasteiger partial charge in [-0.3, -0.25) is 4.55 Å². The Morgan fingerprint density at radius 2 is 1.50 bits per heavy atom. The van der Waals surface area contributed by atoms with Gasteiger partial charge in [0, 0.05) is 5.56 Å². The first kappa shape index (κ1) is 25.4. The summed E-state index contributed by atoms with van der Waals surface area (Å²) < 4.78 is 48.0. The smallest absolute Gasteiger partial charge is 0.343 e. The molecule has 0 saturated carbocycles. The van der Waals surface area contributed by atoms with Gasteiger partial charge in [-0.05, 0) is 66.6 Å². The number of ether oxygens (including phenoxy) is 2. The number of hydrogen-bond donors (Lipinski definition) is 2. The second-order valence-corrected chi connectivity index (χ2v) is 8.95. The molecule has 0 unspecified atom stereocenters. The van der Waals surface area contributed by atoms with Gasteiger partial charge in [-0.15, -0.1) is 4.33 Å². The average Bonchev–Trinajstić information content (AvgIpc) is 2.82. The Bertz CT molecular complexity index is 1320. The molecule has 2 N–H and O–H groups in total. The summed E-state index contributed by atoms with van der Waals surface area (Å²) in [5, 5.41) is 12.2. The molecular formula is C22H18O10S2. The van der Waals surface area contributed by atoms with Crippen molar-refractivity contribution in [1.82, 2.24) is 0 Å². The SMILES string of the molecule is COC(=O)c1ccc(C(=O)Oc2ccc(-c3ccc(C)cc3S(=O)(=O)O)c(SOOO)c2)cc1. The van der Waals surface area contributed by atoms with Crippen molar-refractivity contribution in [1.29, 1.82) is 0 Å². The van der Waals surface area contributed by atoms with E-state index in [2.05, 4.69) is 14.1 Å². The first-order chi connectivity index (χ1) is 16.1. The summed E-state index contributed by atoms with van der Waals surface area (Å²) in [5.74, 6) is -1.22. The maximum Gasteiger partial charge on any atom is 0.343 e. The molecule has 0 amide bonds. The Labute approximate surface area is 198 Å². The highest BCUT2D eigenvalue weighted by molar-refractivity contribution is 7.94. The standard InChI is InChI=1S/C22H18O10S2/c1-13-3-9-18(20(11-13)34(26,27)28)17-10-8-16(12-19(17)33-32-31-25)30-22(24)15-6-4-14(5-7-15)21(23)29-2/h3-12,25H,1-2H3,(H,26,27,28). The van der Waals surface area contributed by atoms with E-state index in [0.717, 1.165) is 0 Å². The van der Waals surface area contributed by atoms with Crippen molar-refractivity contribution in [3.63, 3.8) is 0 Å². The molecule has 3 aromatic carbocycles. The second-order valence-electron chi connectivity index (χ2n) is 6.82. The molecule has 0 aliphatic carbocycles. The van der Waals surface area contributed by atoms with Gasteiger partial charge in [-0.1, -0.05) is 17.2 Å². The summed E-state index contributed by atoms with van der Waals surface area (Å²) in [6.07, 6.45) is 0.